The van der Waals surface area contributed by atoms with Crippen LogP contribution in [0.5, 0.6) is 5.75 Å². The Morgan fingerprint density at radius 3 is 2.15 bits per heavy atom. The minimum absolute atomic E-state index is 0.0171. The lowest BCUT2D eigenvalue weighted by Gasteiger charge is -2.24. The molecule has 4 N–H and O–H groups in total. The van der Waals surface area contributed by atoms with Gasteiger partial charge in [-0.2, -0.15) is 17.5 Å². The van der Waals surface area contributed by atoms with Gasteiger partial charge in [0.05, 0.1) is 21.6 Å². The first kappa shape index (κ1) is 33.7. The maximum Gasteiger partial charge on any atom is 0.416 e. The van der Waals surface area contributed by atoms with E-state index < -0.39 is 49.4 Å². The molecule has 5 rings (SSSR count). The first-order valence-electron chi connectivity index (χ1n) is 13.6. The van der Waals surface area contributed by atoms with Gasteiger partial charge < -0.3 is 20.4 Å². The first-order chi connectivity index (χ1) is 22.1. The molecule has 0 spiro atoms. The maximum absolute atomic E-state index is 13.9. The SMILES string of the molecule is O=C(NCc1cccc(CN(Cc2ccc(C(F)(F)F)cc2)S(=O)(=O)c2cc(Cl)cc(Cl)c2O)c1)c1ccc2[nH]c(=O)c(=O)[nH]c2c1. The van der Waals surface area contributed by atoms with E-state index in [0.29, 0.717) is 16.6 Å². The summed E-state index contributed by atoms with van der Waals surface area (Å²) in [6, 6.07) is 17.1. The number of nitrogens with zero attached hydrogens (tertiary/aromatic N) is 1. The number of amides is 1. The van der Waals surface area contributed by atoms with Crippen molar-refractivity contribution in [1.82, 2.24) is 19.6 Å². The molecular formula is C31H23Cl2F3N4O6S. The van der Waals surface area contributed by atoms with Gasteiger partial charge in [-0.05, 0) is 59.2 Å². The van der Waals surface area contributed by atoms with Crippen LogP contribution in [-0.4, -0.2) is 33.7 Å². The molecule has 5 aromatic rings. The molecule has 0 aliphatic heterocycles. The van der Waals surface area contributed by atoms with Crippen molar-refractivity contribution in [1.29, 1.82) is 0 Å². The van der Waals surface area contributed by atoms with Crippen molar-refractivity contribution in [3.8, 4) is 5.75 Å². The zero-order valence-electron chi connectivity index (χ0n) is 23.9. The molecule has 244 valence electrons. The molecule has 1 heterocycles. The number of alkyl halides is 3. The second kappa shape index (κ2) is 13.2. The van der Waals surface area contributed by atoms with E-state index in [2.05, 4.69) is 15.3 Å². The summed E-state index contributed by atoms with van der Waals surface area (Å²) < 4.78 is 68.0. The molecule has 47 heavy (non-hydrogen) atoms. The third-order valence-corrected chi connectivity index (χ3v) is 9.35. The summed E-state index contributed by atoms with van der Waals surface area (Å²) in [6.07, 6.45) is -4.59. The molecule has 4 aromatic carbocycles. The normalized spacial score (nSPS) is 12.0. The molecule has 1 amide bonds. The first-order valence-corrected chi connectivity index (χ1v) is 15.8. The van der Waals surface area contributed by atoms with Gasteiger partial charge in [0.1, 0.15) is 4.90 Å². The third kappa shape index (κ3) is 7.68. The quantitative estimate of drug-likeness (QED) is 0.147. The van der Waals surface area contributed by atoms with Gasteiger partial charge in [0.2, 0.25) is 10.0 Å². The predicted molar refractivity (Wildman–Crippen MR) is 169 cm³/mol. The smallest absolute Gasteiger partial charge is 0.416 e. The number of H-pyrrole nitrogens is 2. The van der Waals surface area contributed by atoms with Crippen LogP contribution in [-0.2, 0) is 35.8 Å². The largest absolute Gasteiger partial charge is 0.505 e. The van der Waals surface area contributed by atoms with Crippen molar-refractivity contribution in [2.45, 2.75) is 30.7 Å². The molecule has 0 radical (unpaired) electrons. The summed E-state index contributed by atoms with van der Waals surface area (Å²) in [6.45, 7) is -0.644. The van der Waals surface area contributed by atoms with Crippen LogP contribution in [0.2, 0.25) is 10.0 Å². The van der Waals surface area contributed by atoms with Gasteiger partial charge in [0, 0.05) is 30.2 Å². The van der Waals surface area contributed by atoms with Crippen LogP contribution in [0.25, 0.3) is 11.0 Å². The molecule has 10 nitrogen and oxygen atoms in total. The van der Waals surface area contributed by atoms with E-state index in [9.17, 15) is 41.1 Å². The van der Waals surface area contributed by atoms with E-state index in [4.69, 9.17) is 23.2 Å². The van der Waals surface area contributed by atoms with Crippen LogP contribution in [0.15, 0.2) is 93.3 Å². The molecule has 0 atom stereocenters. The van der Waals surface area contributed by atoms with Crippen molar-refractivity contribution >= 4 is 50.2 Å². The number of aromatic amines is 2. The van der Waals surface area contributed by atoms with Crippen molar-refractivity contribution in [3.63, 3.8) is 0 Å². The number of carbonyl (C=O) groups is 1. The molecule has 0 bridgehead atoms. The van der Waals surface area contributed by atoms with Crippen molar-refractivity contribution in [2.75, 3.05) is 0 Å². The van der Waals surface area contributed by atoms with E-state index in [1.54, 1.807) is 24.3 Å². The summed E-state index contributed by atoms with van der Waals surface area (Å²) in [5.74, 6) is -1.24. The minimum atomic E-state index is -4.59. The summed E-state index contributed by atoms with van der Waals surface area (Å²) in [5, 5.41) is 12.9. The van der Waals surface area contributed by atoms with Crippen LogP contribution in [0.1, 0.15) is 32.6 Å². The second-order valence-corrected chi connectivity index (χ2v) is 13.1. The number of aromatic nitrogens is 2. The van der Waals surface area contributed by atoms with E-state index in [1.165, 1.54) is 18.2 Å². The van der Waals surface area contributed by atoms with Gasteiger partial charge in [-0.25, -0.2) is 8.42 Å². The Morgan fingerprint density at radius 1 is 0.830 bits per heavy atom. The van der Waals surface area contributed by atoms with E-state index in [0.717, 1.165) is 40.7 Å². The fourth-order valence-corrected chi connectivity index (χ4v) is 6.85. The summed E-state index contributed by atoms with van der Waals surface area (Å²) in [5.41, 5.74) is -0.542. The number of hydrogen-bond donors (Lipinski definition) is 4. The van der Waals surface area contributed by atoms with Crippen LogP contribution in [0.3, 0.4) is 0 Å². The Bertz CT molecular complexity index is 2220. The van der Waals surface area contributed by atoms with Crippen LogP contribution in [0.4, 0.5) is 13.2 Å². The monoisotopic (exact) mass is 706 g/mol. The number of halogens is 5. The maximum atomic E-state index is 13.9. The van der Waals surface area contributed by atoms with Crippen LogP contribution in [0, 0.1) is 0 Å². The Hall–Kier alpha value is -4.63. The topological polar surface area (TPSA) is 152 Å². The highest BCUT2D eigenvalue weighted by Gasteiger charge is 2.32. The molecule has 16 heteroatoms. The van der Waals surface area contributed by atoms with Gasteiger partial charge in [-0.3, -0.25) is 14.4 Å². The molecule has 0 saturated carbocycles. The average Bonchev–Trinajstić information content (AvgIpc) is 3.01. The van der Waals surface area contributed by atoms with Gasteiger partial charge >= 0.3 is 17.3 Å². The standard InChI is InChI=1S/C31H23Cl2F3N4O6S/c32-22-12-23(33)27(41)26(13-22)47(45,46)40(15-17-4-7-21(8-5-17)31(34,35)36)16-19-3-1-2-18(10-19)14-37-28(42)20-6-9-24-25(11-20)39-30(44)29(43)38-24/h1-13,41H,14-16H2,(H,37,42)(H,38,43)(H,39,44). The number of phenols is 1. The summed E-state index contributed by atoms with van der Waals surface area (Å²) >= 11 is 12.0. The summed E-state index contributed by atoms with van der Waals surface area (Å²) in [7, 11) is -4.53. The molecular weight excluding hydrogens is 684 g/mol. The number of benzene rings is 4. The van der Waals surface area contributed by atoms with E-state index in [-0.39, 0.29) is 46.3 Å². The van der Waals surface area contributed by atoms with Crippen LogP contribution < -0.4 is 16.4 Å². The van der Waals surface area contributed by atoms with E-state index in [1.807, 2.05) is 0 Å². The third-order valence-electron chi connectivity index (χ3n) is 7.04. The molecule has 0 saturated heterocycles. The highest BCUT2D eigenvalue weighted by molar-refractivity contribution is 7.89. The highest BCUT2D eigenvalue weighted by atomic mass is 35.5. The fraction of sp³-hybridized carbons (Fsp3) is 0.129. The number of phenolic OH excluding ortho intramolecular Hbond substituents is 1. The number of carbonyl (C=O) groups excluding carboxylic acids is 1. The predicted octanol–water partition coefficient (Wildman–Crippen LogP) is 5.57. The van der Waals surface area contributed by atoms with Crippen LogP contribution >= 0.6 is 23.2 Å². The lowest BCUT2D eigenvalue weighted by Crippen LogP contribution is -2.30. The number of aromatic hydroxyl groups is 1. The Morgan fingerprint density at radius 2 is 1.47 bits per heavy atom. The van der Waals surface area contributed by atoms with Crippen molar-refractivity contribution < 1.29 is 31.5 Å². The number of rotatable bonds is 9. The Labute approximate surface area is 274 Å². The van der Waals surface area contributed by atoms with Crippen molar-refractivity contribution in [2.24, 2.45) is 0 Å². The highest BCUT2D eigenvalue weighted by Crippen LogP contribution is 2.37. The summed E-state index contributed by atoms with van der Waals surface area (Å²) in [4.78, 5) is 40.3. The zero-order valence-corrected chi connectivity index (χ0v) is 26.2. The number of hydrogen-bond acceptors (Lipinski definition) is 6. The lowest BCUT2D eigenvalue weighted by molar-refractivity contribution is -0.137. The van der Waals surface area contributed by atoms with Gasteiger partial charge in [-0.15, -0.1) is 0 Å². The number of fused-ring (bicyclic) bond motifs is 1. The zero-order chi connectivity index (χ0) is 34.1. The lowest BCUT2D eigenvalue weighted by atomic mass is 10.1. The number of nitrogens with one attached hydrogen (secondary N) is 3. The minimum Gasteiger partial charge on any atom is -0.505 e. The molecule has 0 aliphatic carbocycles. The van der Waals surface area contributed by atoms with Gasteiger partial charge in [0.25, 0.3) is 5.91 Å². The molecule has 0 aliphatic rings. The van der Waals surface area contributed by atoms with Gasteiger partial charge in [0.15, 0.2) is 5.75 Å². The average molecular weight is 708 g/mol. The van der Waals surface area contributed by atoms with E-state index >= 15 is 0 Å². The number of sulfonamides is 1. The molecule has 0 fully saturated rings. The van der Waals surface area contributed by atoms with Gasteiger partial charge in [-0.1, -0.05) is 59.6 Å². The molecule has 0 unspecified atom stereocenters. The Kier molecular flexibility index (Phi) is 9.50. The molecule has 1 aromatic heterocycles. The fourth-order valence-electron chi connectivity index (χ4n) is 4.69. The Balaban J connectivity index is 1.40. The van der Waals surface area contributed by atoms with Crippen molar-refractivity contribution in [3.05, 3.63) is 137 Å². The second-order valence-electron chi connectivity index (χ2n) is 10.4.